The quantitative estimate of drug-likeness (QED) is 0.308. The van der Waals surface area contributed by atoms with Gasteiger partial charge in [-0.15, -0.1) is 0 Å². The first-order chi connectivity index (χ1) is 6.93. The maximum absolute atomic E-state index is 10.7. The number of ether oxygens (including phenoxy) is 1. The van der Waals surface area contributed by atoms with Crippen molar-refractivity contribution in [2.24, 2.45) is 0 Å². The van der Waals surface area contributed by atoms with E-state index in [4.69, 9.17) is 4.74 Å². The third-order valence-corrected chi connectivity index (χ3v) is 2.32. The predicted octanol–water partition coefficient (Wildman–Crippen LogP) is -1.07. The van der Waals surface area contributed by atoms with Gasteiger partial charge in [0.2, 0.25) is 0 Å². The van der Waals surface area contributed by atoms with Gasteiger partial charge in [0.05, 0.1) is 19.6 Å². The van der Waals surface area contributed by atoms with Gasteiger partial charge in [-0.1, -0.05) is 6.58 Å². The highest BCUT2D eigenvalue weighted by Gasteiger charge is 2.19. The lowest BCUT2D eigenvalue weighted by molar-refractivity contribution is -0.902. The van der Waals surface area contributed by atoms with Crippen LogP contribution in [-0.2, 0) is 14.3 Å². The first-order valence-corrected chi connectivity index (χ1v) is 4.76. The summed E-state index contributed by atoms with van der Waals surface area (Å²) in [7, 11) is 1.78. The number of esters is 1. The van der Waals surface area contributed by atoms with Crippen LogP contribution in [0.2, 0.25) is 0 Å². The molecule has 15 heavy (non-hydrogen) atoms. The average molecular weight is 215 g/mol. The number of carbonyl (C=O) groups excluding carboxylic acids is 2. The molecule has 0 heterocycles. The van der Waals surface area contributed by atoms with Crippen LogP contribution in [0, 0.1) is 0 Å². The van der Waals surface area contributed by atoms with Crippen molar-refractivity contribution in [2.75, 3.05) is 33.3 Å². The van der Waals surface area contributed by atoms with Gasteiger partial charge in [-0.05, 0) is 6.92 Å². The van der Waals surface area contributed by atoms with Crippen molar-refractivity contribution < 1.29 is 23.9 Å². The number of hydrogen-bond donors (Lipinski definition) is 0. The van der Waals surface area contributed by atoms with Gasteiger partial charge in [-0.3, -0.25) is 0 Å². The van der Waals surface area contributed by atoms with Crippen LogP contribution in [-0.4, -0.2) is 49.7 Å². The fraction of sp³-hybridized carbons (Fsp3) is 0.600. The summed E-state index contributed by atoms with van der Waals surface area (Å²) in [6.07, 6.45) is 1.08. The maximum atomic E-state index is 10.7. The van der Waals surface area contributed by atoms with E-state index in [-0.39, 0.29) is 17.6 Å². The molecular weight excluding hydrogens is 198 g/mol. The lowest BCUT2D eigenvalue weighted by Gasteiger charge is -2.33. The van der Waals surface area contributed by atoms with Gasteiger partial charge < -0.3 is 19.1 Å². The SMILES string of the molecule is C=CC(=O)OCC[N+](C)(CC)CC(=O)[O-]. The fourth-order valence-corrected chi connectivity index (χ4v) is 1.09. The average Bonchev–Trinajstić information content (AvgIpc) is 2.16. The Morgan fingerprint density at radius 1 is 1.53 bits per heavy atom. The Hall–Kier alpha value is -1.36. The third-order valence-electron chi connectivity index (χ3n) is 2.32. The number of aliphatic carboxylic acids is 1. The van der Waals surface area contributed by atoms with Crippen LogP contribution < -0.4 is 5.11 Å². The molecule has 0 amide bonds. The van der Waals surface area contributed by atoms with Gasteiger partial charge in [-0.2, -0.15) is 0 Å². The second-order valence-corrected chi connectivity index (χ2v) is 3.56. The van der Waals surface area contributed by atoms with Crippen molar-refractivity contribution in [3.8, 4) is 0 Å². The number of carboxylic acids is 1. The number of nitrogens with zero attached hydrogens (tertiary/aromatic N) is 1. The lowest BCUT2D eigenvalue weighted by Crippen LogP contribution is -2.52. The van der Waals surface area contributed by atoms with Crippen molar-refractivity contribution in [1.82, 2.24) is 0 Å². The monoisotopic (exact) mass is 215 g/mol. The Morgan fingerprint density at radius 2 is 2.13 bits per heavy atom. The molecule has 0 radical (unpaired) electrons. The topological polar surface area (TPSA) is 66.4 Å². The molecule has 0 aromatic heterocycles. The molecule has 0 aliphatic rings. The molecule has 1 atom stereocenters. The zero-order chi connectivity index (χ0) is 11.9. The largest absolute Gasteiger partial charge is 0.544 e. The van der Waals surface area contributed by atoms with E-state index in [0.29, 0.717) is 13.1 Å². The number of likely N-dealkylation sites (N-methyl/N-ethyl adjacent to an activating group) is 1. The van der Waals surface area contributed by atoms with Gasteiger partial charge in [0, 0.05) is 6.08 Å². The minimum Gasteiger partial charge on any atom is -0.544 e. The van der Waals surface area contributed by atoms with Crippen molar-refractivity contribution in [3.05, 3.63) is 12.7 Å². The molecule has 1 unspecified atom stereocenters. The van der Waals surface area contributed by atoms with Crippen molar-refractivity contribution in [2.45, 2.75) is 6.92 Å². The highest BCUT2D eigenvalue weighted by Crippen LogP contribution is 2.00. The van der Waals surface area contributed by atoms with Crippen molar-refractivity contribution in [3.63, 3.8) is 0 Å². The Morgan fingerprint density at radius 3 is 2.53 bits per heavy atom. The highest BCUT2D eigenvalue weighted by atomic mass is 16.5. The molecule has 5 heteroatoms. The van der Waals surface area contributed by atoms with Crippen LogP contribution in [0.5, 0.6) is 0 Å². The number of hydrogen-bond acceptors (Lipinski definition) is 4. The zero-order valence-electron chi connectivity index (χ0n) is 9.19. The number of carbonyl (C=O) groups is 2. The summed E-state index contributed by atoms with van der Waals surface area (Å²) in [5.74, 6) is -1.60. The predicted molar refractivity (Wildman–Crippen MR) is 52.6 cm³/mol. The Kier molecular flexibility index (Phi) is 5.62. The van der Waals surface area contributed by atoms with E-state index in [0.717, 1.165) is 6.08 Å². The fourth-order valence-electron chi connectivity index (χ4n) is 1.09. The van der Waals surface area contributed by atoms with E-state index in [1.807, 2.05) is 6.92 Å². The molecule has 0 N–H and O–H groups in total. The van der Waals surface area contributed by atoms with Crippen LogP contribution >= 0.6 is 0 Å². The molecular formula is C10H17NO4. The Balaban J connectivity index is 4.03. The molecule has 0 saturated heterocycles. The van der Waals surface area contributed by atoms with E-state index < -0.39 is 11.9 Å². The van der Waals surface area contributed by atoms with Crippen LogP contribution in [0.1, 0.15) is 6.92 Å². The molecule has 0 rings (SSSR count). The Bertz CT molecular complexity index is 252. The number of quaternary nitrogens is 1. The van der Waals surface area contributed by atoms with Crippen LogP contribution in [0.25, 0.3) is 0 Å². The molecule has 0 aliphatic carbocycles. The zero-order valence-corrected chi connectivity index (χ0v) is 9.19. The molecule has 0 aromatic rings. The first-order valence-electron chi connectivity index (χ1n) is 4.76. The van der Waals surface area contributed by atoms with Gasteiger partial charge in [0.15, 0.2) is 0 Å². The van der Waals surface area contributed by atoms with Crippen molar-refractivity contribution >= 4 is 11.9 Å². The third kappa shape index (κ3) is 5.85. The highest BCUT2D eigenvalue weighted by molar-refractivity contribution is 5.81. The molecule has 0 bridgehead atoms. The second-order valence-electron chi connectivity index (χ2n) is 3.56. The molecule has 0 aromatic carbocycles. The summed E-state index contributed by atoms with van der Waals surface area (Å²) >= 11 is 0. The van der Waals surface area contributed by atoms with Gasteiger partial charge in [-0.25, -0.2) is 4.79 Å². The molecule has 0 fully saturated rings. The number of rotatable bonds is 7. The van der Waals surface area contributed by atoms with Crippen LogP contribution in [0.15, 0.2) is 12.7 Å². The summed E-state index contributed by atoms with van der Waals surface area (Å²) in [4.78, 5) is 21.2. The van der Waals surface area contributed by atoms with Gasteiger partial charge >= 0.3 is 5.97 Å². The smallest absolute Gasteiger partial charge is 0.330 e. The first kappa shape index (κ1) is 13.6. The molecule has 5 nitrogen and oxygen atoms in total. The summed E-state index contributed by atoms with van der Waals surface area (Å²) in [6, 6.07) is 0. The number of carboxylic acid groups (broad SMARTS) is 1. The van der Waals surface area contributed by atoms with E-state index in [2.05, 4.69) is 6.58 Å². The van der Waals surface area contributed by atoms with Gasteiger partial charge in [0.25, 0.3) is 0 Å². The lowest BCUT2D eigenvalue weighted by atomic mass is 10.4. The van der Waals surface area contributed by atoms with Crippen LogP contribution in [0.3, 0.4) is 0 Å². The van der Waals surface area contributed by atoms with E-state index >= 15 is 0 Å². The summed E-state index contributed by atoms with van der Waals surface area (Å²) in [5.41, 5.74) is 0. The molecule has 0 saturated carbocycles. The second kappa shape index (κ2) is 6.19. The van der Waals surface area contributed by atoms with E-state index in [1.54, 1.807) is 7.05 Å². The van der Waals surface area contributed by atoms with E-state index in [1.165, 1.54) is 0 Å². The van der Waals surface area contributed by atoms with E-state index in [9.17, 15) is 14.7 Å². The van der Waals surface area contributed by atoms with Crippen molar-refractivity contribution in [1.29, 1.82) is 0 Å². The van der Waals surface area contributed by atoms with Crippen LogP contribution in [0.4, 0.5) is 0 Å². The Labute approximate surface area is 89.5 Å². The van der Waals surface area contributed by atoms with Gasteiger partial charge in [0.1, 0.15) is 19.7 Å². The summed E-state index contributed by atoms with van der Waals surface area (Å²) in [5, 5.41) is 10.5. The molecule has 86 valence electrons. The minimum absolute atomic E-state index is 0.0812. The standard InChI is InChI=1S/C10H17NO4/c1-4-10(14)15-7-6-11(3,5-2)8-9(12)13/h4H,1,5-8H2,2-3H3. The molecule has 0 aliphatic heterocycles. The summed E-state index contributed by atoms with van der Waals surface area (Å²) < 4.78 is 5.07. The minimum atomic E-state index is -1.10. The normalized spacial score (nSPS) is 14.0. The maximum Gasteiger partial charge on any atom is 0.330 e. The summed E-state index contributed by atoms with van der Waals surface area (Å²) in [6.45, 7) is 6.32. The molecule has 0 spiro atoms.